The molecule has 7 nitrogen and oxygen atoms in total. The molecule has 0 radical (unpaired) electrons. The highest BCUT2D eigenvalue weighted by atomic mass is 16.2. The van der Waals surface area contributed by atoms with Crippen molar-refractivity contribution in [2.75, 3.05) is 31.5 Å². The Labute approximate surface area is 153 Å². The molecule has 0 aliphatic carbocycles. The molecule has 2 saturated heterocycles. The molecule has 0 spiro atoms. The zero-order valence-electron chi connectivity index (χ0n) is 14.9. The second-order valence-corrected chi connectivity index (χ2v) is 7.11. The first kappa shape index (κ1) is 18.2. The third-order valence-corrected chi connectivity index (χ3v) is 5.22. The van der Waals surface area contributed by atoms with E-state index < -0.39 is 0 Å². The highest BCUT2D eigenvalue weighted by Gasteiger charge is 2.34. The number of carbonyl (C=O) groups is 3. The SMILES string of the molecule is NC(=O)C1CCCN(C(=O)C2CCCN(C(=O)Nc3ccccc3)C2)C1. The van der Waals surface area contributed by atoms with Gasteiger partial charge in [0.05, 0.1) is 11.8 Å². The van der Waals surface area contributed by atoms with E-state index in [9.17, 15) is 14.4 Å². The van der Waals surface area contributed by atoms with Crippen molar-refractivity contribution < 1.29 is 14.4 Å². The number of nitrogens with two attached hydrogens (primary N) is 1. The molecule has 4 amide bonds. The minimum absolute atomic E-state index is 0.0353. The Balaban J connectivity index is 1.58. The summed E-state index contributed by atoms with van der Waals surface area (Å²) in [5.74, 6) is -0.770. The molecule has 2 heterocycles. The van der Waals surface area contributed by atoms with Crippen molar-refractivity contribution in [3.63, 3.8) is 0 Å². The number of rotatable bonds is 3. The van der Waals surface area contributed by atoms with E-state index in [-0.39, 0.29) is 29.7 Å². The van der Waals surface area contributed by atoms with Crippen molar-refractivity contribution in [2.24, 2.45) is 17.6 Å². The van der Waals surface area contributed by atoms with Crippen LogP contribution >= 0.6 is 0 Å². The van der Waals surface area contributed by atoms with E-state index in [1.807, 2.05) is 30.3 Å². The molecule has 140 valence electrons. The van der Waals surface area contributed by atoms with Crippen LogP contribution < -0.4 is 11.1 Å². The lowest BCUT2D eigenvalue weighted by Gasteiger charge is -2.37. The van der Waals surface area contributed by atoms with Crippen LogP contribution in [0.5, 0.6) is 0 Å². The Morgan fingerprint density at radius 2 is 1.54 bits per heavy atom. The molecule has 1 aromatic carbocycles. The van der Waals surface area contributed by atoms with Crippen LogP contribution in [0.25, 0.3) is 0 Å². The van der Waals surface area contributed by atoms with E-state index in [4.69, 9.17) is 5.73 Å². The molecule has 7 heteroatoms. The van der Waals surface area contributed by atoms with Gasteiger partial charge in [-0.2, -0.15) is 0 Å². The summed E-state index contributed by atoms with van der Waals surface area (Å²) in [6.07, 6.45) is 3.11. The number of carbonyl (C=O) groups excluding carboxylic acids is 3. The number of likely N-dealkylation sites (tertiary alicyclic amines) is 2. The second kappa shape index (κ2) is 8.21. The monoisotopic (exact) mass is 358 g/mol. The van der Waals surface area contributed by atoms with Gasteiger partial charge in [-0.25, -0.2) is 4.79 Å². The molecule has 2 atom stereocenters. The van der Waals surface area contributed by atoms with E-state index >= 15 is 0 Å². The minimum atomic E-state index is -0.338. The maximum absolute atomic E-state index is 12.9. The zero-order chi connectivity index (χ0) is 18.5. The number of para-hydroxylation sites is 1. The lowest BCUT2D eigenvalue weighted by molar-refractivity contribution is -0.140. The number of amides is 4. The number of hydrogen-bond acceptors (Lipinski definition) is 3. The van der Waals surface area contributed by atoms with E-state index in [2.05, 4.69) is 5.32 Å². The smallest absolute Gasteiger partial charge is 0.321 e. The summed E-state index contributed by atoms with van der Waals surface area (Å²) < 4.78 is 0. The van der Waals surface area contributed by atoms with Gasteiger partial charge in [0, 0.05) is 31.9 Å². The van der Waals surface area contributed by atoms with Gasteiger partial charge in [-0.1, -0.05) is 18.2 Å². The van der Waals surface area contributed by atoms with Crippen LogP contribution in [-0.4, -0.2) is 53.8 Å². The number of anilines is 1. The summed E-state index contributed by atoms with van der Waals surface area (Å²) in [4.78, 5) is 40.2. The Hall–Kier alpha value is -2.57. The predicted octanol–water partition coefficient (Wildman–Crippen LogP) is 1.65. The summed E-state index contributed by atoms with van der Waals surface area (Å²) in [6, 6.07) is 9.11. The third-order valence-electron chi connectivity index (χ3n) is 5.22. The Bertz CT molecular complexity index is 664. The van der Waals surface area contributed by atoms with Gasteiger partial charge in [0.2, 0.25) is 11.8 Å². The van der Waals surface area contributed by atoms with Gasteiger partial charge in [0.15, 0.2) is 0 Å². The van der Waals surface area contributed by atoms with Crippen LogP contribution in [0.4, 0.5) is 10.5 Å². The van der Waals surface area contributed by atoms with Crippen molar-refractivity contribution in [1.29, 1.82) is 0 Å². The van der Waals surface area contributed by atoms with Gasteiger partial charge in [0.1, 0.15) is 0 Å². The molecular weight excluding hydrogens is 332 g/mol. The van der Waals surface area contributed by atoms with Crippen LogP contribution in [0.1, 0.15) is 25.7 Å². The minimum Gasteiger partial charge on any atom is -0.369 e. The van der Waals surface area contributed by atoms with Crippen LogP contribution in [0.2, 0.25) is 0 Å². The van der Waals surface area contributed by atoms with Crippen molar-refractivity contribution in [3.05, 3.63) is 30.3 Å². The number of piperidine rings is 2. The van der Waals surface area contributed by atoms with Gasteiger partial charge in [-0.15, -0.1) is 0 Å². The zero-order valence-corrected chi connectivity index (χ0v) is 14.9. The summed E-state index contributed by atoms with van der Waals surface area (Å²) in [5.41, 5.74) is 6.15. The van der Waals surface area contributed by atoms with Crippen LogP contribution in [0.3, 0.4) is 0 Å². The first-order valence-corrected chi connectivity index (χ1v) is 9.23. The van der Waals surface area contributed by atoms with E-state index in [0.29, 0.717) is 26.2 Å². The second-order valence-electron chi connectivity index (χ2n) is 7.11. The molecule has 2 aliphatic rings. The number of benzene rings is 1. The van der Waals surface area contributed by atoms with Crippen molar-refractivity contribution in [2.45, 2.75) is 25.7 Å². The molecule has 0 aromatic heterocycles. The first-order valence-electron chi connectivity index (χ1n) is 9.23. The lowest BCUT2D eigenvalue weighted by Crippen LogP contribution is -2.51. The van der Waals surface area contributed by atoms with Crippen LogP contribution in [0, 0.1) is 11.8 Å². The summed E-state index contributed by atoms with van der Waals surface area (Å²) >= 11 is 0. The van der Waals surface area contributed by atoms with Crippen molar-refractivity contribution in [1.82, 2.24) is 9.80 Å². The molecule has 2 fully saturated rings. The number of nitrogens with one attached hydrogen (secondary N) is 1. The number of hydrogen-bond donors (Lipinski definition) is 2. The van der Waals surface area contributed by atoms with Gasteiger partial charge in [0.25, 0.3) is 0 Å². The highest BCUT2D eigenvalue weighted by molar-refractivity contribution is 5.90. The normalized spacial score (nSPS) is 23.4. The Morgan fingerprint density at radius 3 is 2.23 bits per heavy atom. The molecule has 0 saturated carbocycles. The van der Waals surface area contributed by atoms with Gasteiger partial charge in [-0.05, 0) is 37.8 Å². The standard InChI is InChI=1S/C19H26N4O3/c20-17(24)14-6-4-10-22(12-14)18(25)15-7-5-11-23(13-15)19(26)21-16-8-2-1-3-9-16/h1-3,8-9,14-15H,4-7,10-13H2,(H2,20,24)(H,21,26). The molecule has 2 aliphatic heterocycles. The number of urea groups is 1. The van der Waals surface area contributed by atoms with Crippen molar-refractivity contribution >= 4 is 23.5 Å². The molecule has 3 rings (SSSR count). The molecular formula is C19H26N4O3. The molecule has 1 aromatic rings. The fourth-order valence-corrected chi connectivity index (χ4v) is 3.75. The van der Waals surface area contributed by atoms with Gasteiger partial charge < -0.3 is 20.9 Å². The molecule has 3 N–H and O–H groups in total. The quantitative estimate of drug-likeness (QED) is 0.860. The van der Waals surface area contributed by atoms with Crippen molar-refractivity contribution in [3.8, 4) is 0 Å². The maximum atomic E-state index is 12.9. The first-order chi connectivity index (χ1) is 12.5. The molecule has 2 unspecified atom stereocenters. The molecule has 0 bridgehead atoms. The fraction of sp³-hybridized carbons (Fsp3) is 0.526. The van der Waals surface area contributed by atoms with Gasteiger partial charge >= 0.3 is 6.03 Å². The summed E-state index contributed by atoms with van der Waals surface area (Å²) in [5, 5.41) is 2.87. The highest BCUT2D eigenvalue weighted by Crippen LogP contribution is 2.23. The maximum Gasteiger partial charge on any atom is 0.321 e. The third kappa shape index (κ3) is 4.33. The summed E-state index contributed by atoms with van der Waals surface area (Å²) in [7, 11) is 0. The van der Waals surface area contributed by atoms with Gasteiger partial charge in [-0.3, -0.25) is 9.59 Å². The summed E-state index contributed by atoms with van der Waals surface area (Å²) in [6.45, 7) is 2.12. The van der Waals surface area contributed by atoms with Crippen LogP contribution in [0.15, 0.2) is 30.3 Å². The topological polar surface area (TPSA) is 95.7 Å². The largest absolute Gasteiger partial charge is 0.369 e. The number of nitrogens with zero attached hydrogens (tertiary/aromatic N) is 2. The van der Waals surface area contributed by atoms with E-state index in [0.717, 1.165) is 31.4 Å². The fourth-order valence-electron chi connectivity index (χ4n) is 3.75. The Morgan fingerprint density at radius 1 is 0.923 bits per heavy atom. The predicted molar refractivity (Wildman–Crippen MR) is 98.3 cm³/mol. The molecule has 26 heavy (non-hydrogen) atoms. The Kier molecular flexibility index (Phi) is 5.75. The van der Waals surface area contributed by atoms with E-state index in [1.165, 1.54) is 0 Å². The average molecular weight is 358 g/mol. The van der Waals surface area contributed by atoms with E-state index in [1.54, 1.807) is 9.80 Å². The lowest BCUT2D eigenvalue weighted by atomic mass is 9.93. The average Bonchev–Trinajstić information content (AvgIpc) is 2.68. The number of primary amides is 1. The van der Waals surface area contributed by atoms with Crippen LogP contribution in [-0.2, 0) is 9.59 Å².